The topological polar surface area (TPSA) is 61.1 Å². The summed E-state index contributed by atoms with van der Waals surface area (Å²) in [6.45, 7) is 4.21. The van der Waals surface area contributed by atoms with Crippen LogP contribution in [0.25, 0.3) is 21.8 Å². The monoisotopic (exact) mass is 378 g/mol. The van der Waals surface area contributed by atoms with Crippen LogP contribution >= 0.6 is 23.1 Å². The summed E-state index contributed by atoms with van der Waals surface area (Å²) in [6.07, 6.45) is 3.78. The average Bonchev–Trinajstić information content (AvgIpc) is 3.11. The van der Waals surface area contributed by atoms with E-state index in [2.05, 4.69) is 47.7 Å². The Kier molecular flexibility index (Phi) is 5.71. The Bertz CT molecular complexity index is 999. The number of rotatable bonds is 3. The van der Waals surface area contributed by atoms with E-state index in [0.717, 1.165) is 27.5 Å². The molecule has 3 rings (SSSR count). The molecule has 0 saturated heterocycles. The smallest absolute Gasteiger partial charge is 0.183 e. The molecule has 0 radical (unpaired) electrons. The van der Waals surface area contributed by atoms with Gasteiger partial charge in [-0.2, -0.15) is 5.26 Å². The molecule has 4 nitrogen and oxygen atoms in total. The van der Waals surface area contributed by atoms with Crippen molar-refractivity contribution in [1.82, 2.24) is 10.3 Å². The average molecular weight is 379 g/mol. The van der Waals surface area contributed by atoms with Gasteiger partial charge in [0.15, 0.2) is 11.4 Å². The standard InChI is InChI=1S/C20H18N4S2/c1-13-7-8-17(14(2)9-13)18-11-26-19(24-18)15-5-4-6-16(10-15)23-20(25-3)22-12-21/h4-11H,1-3H3,(H,22,23). The summed E-state index contributed by atoms with van der Waals surface area (Å²) in [6, 6.07) is 14.3. The summed E-state index contributed by atoms with van der Waals surface area (Å²) in [5.41, 5.74) is 6.44. The zero-order valence-electron chi connectivity index (χ0n) is 14.8. The van der Waals surface area contributed by atoms with Gasteiger partial charge in [0.25, 0.3) is 0 Å². The van der Waals surface area contributed by atoms with Crippen molar-refractivity contribution in [3.8, 4) is 28.0 Å². The van der Waals surface area contributed by atoms with E-state index in [1.54, 1.807) is 11.3 Å². The summed E-state index contributed by atoms with van der Waals surface area (Å²) in [5, 5.41) is 15.0. The molecular formula is C20H18N4S2. The molecule has 0 spiro atoms. The lowest BCUT2D eigenvalue weighted by molar-refractivity contribution is 1.28. The molecule has 0 saturated carbocycles. The van der Waals surface area contributed by atoms with Gasteiger partial charge >= 0.3 is 0 Å². The zero-order valence-corrected chi connectivity index (χ0v) is 16.4. The molecule has 1 N–H and O–H groups in total. The highest BCUT2D eigenvalue weighted by atomic mass is 32.2. The first-order valence-corrected chi connectivity index (χ1v) is 10.1. The first-order chi connectivity index (χ1) is 12.6. The number of aryl methyl sites for hydroxylation is 2. The van der Waals surface area contributed by atoms with Crippen molar-refractivity contribution in [2.24, 2.45) is 4.99 Å². The van der Waals surface area contributed by atoms with Gasteiger partial charge in [-0.15, -0.1) is 11.3 Å². The van der Waals surface area contributed by atoms with E-state index in [4.69, 9.17) is 10.2 Å². The van der Waals surface area contributed by atoms with Crippen LogP contribution < -0.4 is 5.32 Å². The lowest BCUT2D eigenvalue weighted by atomic mass is 10.0. The Morgan fingerprint density at radius 1 is 1.23 bits per heavy atom. The third-order valence-corrected chi connectivity index (χ3v) is 5.31. The van der Waals surface area contributed by atoms with E-state index >= 15 is 0 Å². The third-order valence-electron chi connectivity index (χ3n) is 3.84. The van der Waals surface area contributed by atoms with Crippen LogP contribution in [0.5, 0.6) is 0 Å². The predicted octanol–water partition coefficient (Wildman–Crippen LogP) is 5.52. The SMILES string of the molecule is CSC(=Nc1cccc(-c2nc(-c3ccc(C)cc3C)cs2)c1)NC#N. The second kappa shape index (κ2) is 8.17. The van der Waals surface area contributed by atoms with Gasteiger partial charge in [0.1, 0.15) is 5.01 Å². The number of thiazole rings is 1. The van der Waals surface area contributed by atoms with Crippen molar-refractivity contribution in [3.05, 3.63) is 59.0 Å². The molecule has 0 aliphatic rings. The van der Waals surface area contributed by atoms with Crippen molar-refractivity contribution < 1.29 is 0 Å². The number of thioether (sulfide) groups is 1. The number of benzene rings is 2. The van der Waals surface area contributed by atoms with Crippen molar-refractivity contribution in [1.29, 1.82) is 5.26 Å². The second-order valence-electron chi connectivity index (χ2n) is 5.76. The second-order valence-corrected chi connectivity index (χ2v) is 7.42. The Labute approximate surface area is 161 Å². The number of aliphatic imine (C=N–C) groups is 1. The normalized spacial score (nSPS) is 11.2. The fourth-order valence-corrected chi connectivity index (χ4v) is 3.79. The van der Waals surface area contributed by atoms with Crippen molar-refractivity contribution in [3.63, 3.8) is 0 Å². The summed E-state index contributed by atoms with van der Waals surface area (Å²) in [4.78, 5) is 9.28. The van der Waals surface area contributed by atoms with E-state index in [-0.39, 0.29) is 0 Å². The first-order valence-electron chi connectivity index (χ1n) is 8.02. The number of nitriles is 1. The molecule has 26 heavy (non-hydrogen) atoms. The first kappa shape index (κ1) is 18.2. The highest BCUT2D eigenvalue weighted by Crippen LogP contribution is 2.32. The van der Waals surface area contributed by atoms with Crippen LogP contribution in [0.1, 0.15) is 11.1 Å². The minimum Gasteiger partial charge on any atom is -0.271 e. The highest BCUT2D eigenvalue weighted by molar-refractivity contribution is 8.13. The van der Waals surface area contributed by atoms with E-state index in [0.29, 0.717) is 5.17 Å². The number of aromatic nitrogens is 1. The maximum atomic E-state index is 8.77. The van der Waals surface area contributed by atoms with Gasteiger partial charge in [-0.3, -0.25) is 5.32 Å². The molecule has 0 aliphatic heterocycles. The number of hydrogen-bond acceptors (Lipinski definition) is 5. The van der Waals surface area contributed by atoms with Gasteiger partial charge in [0.05, 0.1) is 11.4 Å². The Morgan fingerprint density at radius 2 is 2.08 bits per heavy atom. The molecule has 2 aromatic carbocycles. The van der Waals surface area contributed by atoms with Crippen LogP contribution in [0.4, 0.5) is 5.69 Å². The molecule has 0 aliphatic carbocycles. The molecule has 1 aromatic heterocycles. The van der Waals surface area contributed by atoms with Gasteiger partial charge < -0.3 is 0 Å². The summed E-state index contributed by atoms with van der Waals surface area (Å²) < 4.78 is 0. The molecule has 3 aromatic rings. The minimum atomic E-state index is 0.569. The Morgan fingerprint density at radius 3 is 2.81 bits per heavy atom. The third kappa shape index (κ3) is 4.13. The summed E-state index contributed by atoms with van der Waals surface area (Å²) >= 11 is 3.02. The van der Waals surface area contributed by atoms with Crippen molar-refractivity contribution in [2.75, 3.05) is 6.26 Å². The lowest BCUT2D eigenvalue weighted by Crippen LogP contribution is -2.12. The number of hydrogen-bond donors (Lipinski definition) is 1. The highest BCUT2D eigenvalue weighted by Gasteiger charge is 2.09. The fraction of sp³-hybridized carbons (Fsp3) is 0.150. The largest absolute Gasteiger partial charge is 0.271 e. The van der Waals surface area contributed by atoms with Gasteiger partial charge in [-0.1, -0.05) is 47.7 Å². The molecule has 0 bridgehead atoms. The van der Waals surface area contributed by atoms with Crippen LogP contribution in [0.2, 0.25) is 0 Å². The van der Waals surface area contributed by atoms with E-state index in [9.17, 15) is 0 Å². The predicted molar refractivity (Wildman–Crippen MR) is 112 cm³/mol. The minimum absolute atomic E-state index is 0.569. The Balaban J connectivity index is 1.92. The van der Waals surface area contributed by atoms with Crippen molar-refractivity contribution >= 4 is 34.0 Å². The molecule has 6 heteroatoms. The van der Waals surface area contributed by atoms with Gasteiger partial charge in [-0.25, -0.2) is 9.98 Å². The summed E-state index contributed by atoms with van der Waals surface area (Å²) in [7, 11) is 0. The Hall–Kier alpha value is -2.62. The van der Waals surface area contributed by atoms with Gasteiger partial charge in [0, 0.05) is 16.5 Å². The molecular weight excluding hydrogens is 360 g/mol. The van der Waals surface area contributed by atoms with E-state index in [1.807, 2.05) is 36.7 Å². The molecule has 0 fully saturated rings. The van der Waals surface area contributed by atoms with E-state index in [1.165, 1.54) is 22.9 Å². The maximum absolute atomic E-state index is 8.77. The van der Waals surface area contributed by atoms with E-state index < -0.39 is 0 Å². The number of amidine groups is 1. The fourth-order valence-electron chi connectivity index (χ4n) is 2.63. The number of nitrogens with zero attached hydrogens (tertiary/aromatic N) is 3. The van der Waals surface area contributed by atoms with Crippen LogP contribution in [0.15, 0.2) is 52.8 Å². The summed E-state index contributed by atoms with van der Waals surface area (Å²) in [5.74, 6) is 0. The maximum Gasteiger partial charge on any atom is 0.183 e. The molecule has 130 valence electrons. The molecule has 0 unspecified atom stereocenters. The van der Waals surface area contributed by atoms with Gasteiger partial charge in [-0.05, 0) is 37.8 Å². The van der Waals surface area contributed by atoms with Crippen LogP contribution in [-0.4, -0.2) is 16.4 Å². The van der Waals surface area contributed by atoms with Crippen LogP contribution in [-0.2, 0) is 0 Å². The molecule has 0 atom stereocenters. The lowest BCUT2D eigenvalue weighted by Gasteiger charge is -2.04. The van der Waals surface area contributed by atoms with Crippen molar-refractivity contribution in [2.45, 2.75) is 13.8 Å². The molecule has 1 heterocycles. The zero-order chi connectivity index (χ0) is 18.5. The van der Waals surface area contributed by atoms with Crippen LogP contribution in [0, 0.1) is 25.3 Å². The number of nitrogens with one attached hydrogen (secondary N) is 1. The van der Waals surface area contributed by atoms with Crippen LogP contribution in [0.3, 0.4) is 0 Å². The van der Waals surface area contributed by atoms with Gasteiger partial charge in [0.2, 0.25) is 0 Å². The quantitative estimate of drug-likeness (QED) is 0.282. The molecule has 0 amide bonds.